The molecule has 1 aliphatic heterocycles. The van der Waals surface area contributed by atoms with Gasteiger partial charge < -0.3 is 19.2 Å². The van der Waals surface area contributed by atoms with Gasteiger partial charge in [0.05, 0.1) is 22.9 Å². The van der Waals surface area contributed by atoms with Gasteiger partial charge in [0.15, 0.2) is 5.76 Å². The summed E-state index contributed by atoms with van der Waals surface area (Å²) in [4.78, 5) is 19.8. The Bertz CT molecular complexity index is 936. The second kappa shape index (κ2) is 7.70. The summed E-state index contributed by atoms with van der Waals surface area (Å²) in [6, 6.07) is 5.52. The summed E-state index contributed by atoms with van der Waals surface area (Å²) in [7, 11) is 0. The van der Waals surface area contributed by atoms with Gasteiger partial charge in [0, 0.05) is 25.7 Å². The Morgan fingerprint density at radius 1 is 1.41 bits per heavy atom. The van der Waals surface area contributed by atoms with Gasteiger partial charge in [-0.1, -0.05) is 19.0 Å². The number of furan rings is 1. The average molecular weight is 391 g/mol. The van der Waals surface area contributed by atoms with Gasteiger partial charge in [0.25, 0.3) is 11.6 Å². The first-order chi connectivity index (χ1) is 12.6. The number of hydrogen-bond donors (Lipinski definition) is 1. The van der Waals surface area contributed by atoms with E-state index in [1.165, 1.54) is 0 Å². The normalized spacial score (nSPS) is 17.3. The van der Waals surface area contributed by atoms with Crippen LogP contribution < -0.4 is 5.32 Å². The van der Waals surface area contributed by atoms with Crippen molar-refractivity contribution in [2.45, 2.75) is 32.7 Å². The number of piperazine rings is 1. The van der Waals surface area contributed by atoms with Gasteiger partial charge >= 0.3 is 0 Å². The van der Waals surface area contributed by atoms with E-state index in [-0.39, 0.29) is 30.3 Å². The molecule has 0 radical (unpaired) electrons. The van der Waals surface area contributed by atoms with E-state index in [1.807, 2.05) is 31.7 Å². The van der Waals surface area contributed by atoms with Crippen molar-refractivity contribution in [3.05, 3.63) is 35.7 Å². The highest BCUT2D eigenvalue weighted by molar-refractivity contribution is 6.07. The Morgan fingerprint density at radius 3 is 2.89 bits per heavy atom. The molecule has 144 valence electrons. The van der Waals surface area contributed by atoms with E-state index < -0.39 is 0 Å². The molecule has 1 aliphatic rings. The molecule has 1 N–H and O–H groups in total. The van der Waals surface area contributed by atoms with Crippen molar-refractivity contribution in [2.75, 3.05) is 19.6 Å². The molecule has 4 heterocycles. The van der Waals surface area contributed by atoms with E-state index in [0.29, 0.717) is 34.7 Å². The molecular formula is C19H23ClN4O3. The van der Waals surface area contributed by atoms with Crippen LogP contribution >= 0.6 is 12.4 Å². The Hall–Kier alpha value is -2.38. The highest BCUT2D eigenvalue weighted by Gasteiger charge is 2.29. The van der Waals surface area contributed by atoms with Gasteiger partial charge in [-0.05, 0) is 31.0 Å². The summed E-state index contributed by atoms with van der Waals surface area (Å²) in [5.41, 5.74) is 2.26. The molecule has 0 spiro atoms. The third kappa shape index (κ3) is 3.44. The van der Waals surface area contributed by atoms with Crippen molar-refractivity contribution in [2.24, 2.45) is 0 Å². The molecule has 3 aromatic rings. The number of nitrogens with one attached hydrogen (secondary N) is 1. The summed E-state index contributed by atoms with van der Waals surface area (Å²) in [5, 5.41) is 8.19. The molecule has 1 fully saturated rings. The van der Waals surface area contributed by atoms with Crippen LogP contribution in [0, 0.1) is 0 Å². The molecule has 4 rings (SSSR count). The molecule has 7 nitrogen and oxygen atoms in total. The second-order valence-electron chi connectivity index (χ2n) is 6.99. The van der Waals surface area contributed by atoms with Gasteiger partial charge in [-0.2, -0.15) is 0 Å². The van der Waals surface area contributed by atoms with Crippen molar-refractivity contribution in [3.8, 4) is 11.5 Å². The number of halogens is 1. The monoisotopic (exact) mass is 390 g/mol. The minimum atomic E-state index is -0.0238. The number of carbonyl (C=O) groups is 1. The summed E-state index contributed by atoms with van der Waals surface area (Å²) in [6.45, 7) is 8.34. The molecule has 0 saturated carbocycles. The van der Waals surface area contributed by atoms with Gasteiger partial charge in [-0.3, -0.25) is 4.79 Å². The number of hydrogen-bond acceptors (Lipinski definition) is 6. The van der Waals surface area contributed by atoms with E-state index in [2.05, 4.69) is 15.5 Å². The summed E-state index contributed by atoms with van der Waals surface area (Å²) >= 11 is 0. The fourth-order valence-corrected chi connectivity index (χ4v) is 3.38. The van der Waals surface area contributed by atoms with Crippen LogP contribution in [0.15, 0.2) is 33.4 Å². The third-order valence-electron chi connectivity index (χ3n) is 4.79. The van der Waals surface area contributed by atoms with E-state index in [9.17, 15) is 4.79 Å². The predicted octanol–water partition coefficient (Wildman–Crippen LogP) is 3.46. The van der Waals surface area contributed by atoms with Crippen LogP contribution in [-0.2, 0) is 0 Å². The molecule has 0 unspecified atom stereocenters. The first-order valence-corrected chi connectivity index (χ1v) is 8.92. The highest BCUT2D eigenvalue weighted by atomic mass is 35.5. The SMILES string of the molecule is CC(C)c1noc2nc(-c3ccco3)cc(C(=O)N3CCNC[C@H]3C)c12.Cl. The predicted molar refractivity (Wildman–Crippen MR) is 104 cm³/mol. The van der Waals surface area contributed by atoms with Crippen LogP contribution in [0.5, 0.6) is 0 Å². The zero-order valence-corrected chi connectivity index (χ0v) is 16.4. The number of fused-ring (bicyclic) bond motifs is 1. The van der Waals surface area contributed by atoms with Crippen molar-refractivity contribution in [3.63, 3.8) is 0 Å². The van der Waals surface area contributed by atoms with E-state index >= 15 is 0 Å². The molecule has 27 heavy (non-hydrogen) atoms. The number of carbonyl (C=O) groups excluding carboxylic acids is 1. The molecular weight excluding hydrogens is 368 g/mol. The van der Waals surface area contributed by atoms with Crippen LogP contribution in [0.1, 0.15) is 42.7 Å². The molecule has 1 saturated heterocycles. The zero-order valence-electron chi connectivity index (χ0n) is 15.6. The summed E-state index contributed by atoms with van der Waals surface area (Å²) < 4.78 is 10.9. The Kier molecular flexibility index (Phi) is 5.53. The first-order valence-electron chi connectivity index (χ1n) is 8.92. The molecule has 1 atom stereocenters. The number of nitrogens with zero attached hydrogens (tertiary/aromatic N) is 3. The molecule has 0 bridgehead atoms. The minimum Gasteiger partial charge on any atom is -0.463 e. The van der Waals surface area contributed by atoms with E-state index in [4.69, 9.17) is 8.94 Å². The number of aromatic nitrogens is 2. The maximum Gasteiger partial charge on any atom is 0.259 e. The molecule has 3 aromatic heterocycles. The molecule has 0 aromatic carbocycles. The lowest BCUT2D eigenvalue weighted by Crippen LogP contribution is -2.52. The smallest absolute Gasteiger partial charge is 0.259 e. The van der Waals surface area contributed by atoms with E-state index in [1.54, 1.807) is 18.4 Å². The summed E-state index contributed by atoms with van der Waals surface area (Å²) in [6.07, 6.45) is 1.58. The largest absolute Gasteiger partial charge is 0.463 e. The highest BCUT2D eigenvalue weighted by Crippen LogP contribution is 2.31. The van der Waals surface area contributed by atoms with E-state index in [0.717, 1.165) is 18.8 Å². The topological polar surface area (TPSA) is 84.4 Å². The van der Waals surface area contributed by atoms with Gasteiger partial charge in [0.1, 0.15) is 5.69 Å². The van der Waals surface area contributed by atoms with Crippen LogP contribution in [0.4, 0.5) is 0 Å². The number of pyridine rings is 1. The molecule has 1 amide bonds. The maximum absolute atomic E-state index is 13.4. The second-order valence-corrected chi connectivity index (χ2v) is 6.99. The third-order valence-corrected chi connectivity index (χ3v) is 4.79. The lowest BCUT2D eigenvalue weighted by molar-refractivity contribution is 0.0657. The zero-order chi connectivity index (χ0) is 18.3. The maximum atomic E-state index is 13.4. The van der Waals surface area contributed by atoms with Gasteiger partial charge in [-0.25, -0.2) is 4.98 Å². The van der Waals surface area contributed by atoms with Crippen LogP contribution in [-0.4, -0.2) is 46.6 Å². The van der Waals surface area contributed by atoms with Crippen molar-refractivity contribution < 1.29 is 13.7 Å². The summed E-state index contributed by atoms with van der Waals surface area (Å²) in [5.74, 6) is 0.695. The van der Waals surface area contributed by atoms with Crippen molar-refractivity contribution >= 4 is 29.4 Å². The fraction of sp³-hybridized carbons (Fsp3) is 0.421. The molecule has 0 aliphatic carbocycles. The standard InChI is InChI=1S/C19H22N4O3.ClH/c1-11(2)17-16-13(19(24)23-7-6-20-10-12(23)3)9-14(15-5-4-8-25-15)21-18(16)26-22-17;/h4-5,8-9,11-12,20H,6-7,10H2,1-3H3;1H/t12-;/m1./s1. The number of amides is 1. The minimum absolute atomic E-state index is 0. The Labute approximate surface area is 163 Å². The van der Waals surface area contributed by atoms with Gasteiger partial charge in [-0.15, -0.1) is 12.4 Å². The quantitative estimate of drug-likeness (QED) is 0.737. The Morgan fingerprint density at radius 2 is 2.22 bits per heavy atom. The average Bonchev–Trinajstić information content (AvgIpc) is 3.30. The van der Waals surface area contributed by atoms with Crippen molar-refractivity contribution in [1.29, 1.82) is 0 Å². The lowest BCUT2D eigenvalue weighted by Gasteiger charge is -2.34. The van der Waals surface area contributed by atoms with Crippen LogP contribution in [0.2, 0.25) is 0 Å². The van der Waals surface area contributed by atoms with Crippen molar-refractivity contribution in [1.82, 2.24) is 20.4 Å². The Balaban J connectivity index is 0.00000210. The lowest BCUT2D eigenvalue weighted by atomic mass is 10.0. The van der Waals surface area contributed by atoms with Crippen LogP contribution in [0.25, 0.3) is 22.6 Å². The molecule has 8 heteroatoms. The van der Waals surface area contributed by atoms with Gasteiger partial charge in [0.2, 0.25) is 0 Å². The van der Waals surface area contributed by atoms with Crippen LogP contribution in [0.3, 0.4) is 0 Å². The first kappa shape index (κ1) is 19.4. The fourth-order valence-electron chi connectivity index (χ4n) is 3.38. The number of rotatable bonds is 3.